The van der Waals surface area contributed by atoms with Crippen LogP contribution in [-0.4, -0.2) is 28.9 Å². The van der Waals surface area contributed by atoms with Gasteiger partial charge < -0.3 is 15.2 Å². The summed E-state index contributed by atoms with van der Waals surface area (Å²) < 4.78 is 5.11. The zero-order valence-electron chi connectivity index (χ0n) is 14.2. The third-order valence-electron chi connectivity index (χ3n) is 3.56. The lowest BCUT2D eigenvalue weighted by molar-refractivity contribution is -0.123. The van der Waals surface area contributed by atoms with Gasteiger partial charge in [-0.3, -0.25) is 9.59 Å². The molecule has 25 heavy (non-hydrogen) atoms. The van der Waals surface area contributed by atoms with E-state index in [0.717, 1.165) is 5.56 Å². The fraction of sp³-hybridized carbons (Fsp3) is 0.211. The van der Waals surface area contributed by atoms with Gasteiger partial charge in [-0.2, -0.15) is 0 Å². The summed E-state index contributed by atoms with van der Waals surface area (Å²) in [5.74, 6) is -1.66. The van der Waals surface area contributed by atoms with Crippen molar-refractivity contribution < 1.29 is 24.2 Å². The molecule has 1 amide bonds. The molecule has 2 aromatic rings. The zero-order valence-corrected chi connectivity index (χ0v) is 14.2. The van der Waals surface area contributed by atoms with Crippen molar-refractivity contribution in [3.05, 3.63) is 59.2 Å². The summed E-state index contributed by atoms with van der Waals surface area (Å²) in [6.07, 6.45) is -1.08. The molecule has 0 spiro atoms. The average Bonchev–Trinajstić information content (AvgIpc) is 2.57. The molecule has 0 unspecified atom stereocenters. The Morgan fingerprint density at radius 1 is 1.12 bits per heavy atom. The number of rotatable bonds is 5. The Labute approximate surface area is 145 Å². The minimum atomic E-state index is -1.08. The van der Waals surface area contributed by atoms with Crippen molar-refractivity contribution in [1.29, 1.82) is 0 Å². The molecule has 0 aliphatic rings. The number of nitrogens with one attached hydrogen (secondary N) is 1. The lowest BCUT2D eigenvalue weighted by atomic mass is 10.1. The maximum absolute atomic E-state index is 12.2. The highest BCUT2D eigenvalue weighted by Crippen LogP contribution is 2.20. The quantitative estimate of drug-likeness (QED) is 0.644. The molecule has 6 heteroatoms. The average molecular weight is 341 g/mol. The van der Waals surface area contributed by atoms with Crippen LogP contribution in [0.5, 0.6) is 5.75 Å². The third kappa shape index (κ3) is 4.67. The molecule has 6 nitrogen and oxygen atoms in total. The molecular weight excluding hydrogens is 322 g/mol. The minimum absolute atomic E-state index is 0.00164. The highest BCUT2D eigenvalue weighted by atomic mass is 16.5. The van der Waals surface area contributed by atoms with Gasteiger partial charge in [0.15, 0.2) is 11.9 Å². The van der Waals surface area contributed by atoms with Crippen molar-refractivity contribution in [2.75, 3.05) is 5.32 Å². The van der Waals surface area contributed by atoms with Gasteiger partial charge in [-0.05, 0) is 45.0 Å². The number of aromatic hydroxyl groups is 1. The second-order valence-corrected chi connectivity index (χ2v) is 5.69. The van der Waals surface area contributed by atoms with Crippen LogP contribution in [0.3, 0.4) is 0 Å². The number of ether oxygens (including phenoxy) is 1. The molecular formula is C19H19NO5. The number of carbonyl (C=O) groups is 3. The molecule has 0 radical (unpaired) electrons. The van der Waals surface area contributed by atoms with E-state index in [1.54, 1.807) is 37.3 Å². The first kappa shape index (κ1) is 18.2. The van der Waals surface area contributed by atoms with Gasteiger partial charge in [0.05, 0.1) is 0 Å². The van der Waals surface area contributed by atoms with E-state index < -0.39 is 18.0 Å². The molecule has 0 saturated heterocycles. The second-order valence-electron chi connectivity index (χ2n) is 5.69. The van der Waals surface area contributed by atoms with E-state index in [2.05, 4.69) is 5.32 Å². The maximum Gasteiger partial charge on any atom is 0.342 e. The molecule has 130 valence electrons. The summed E-state index contributed by atoms with van der Waals surface area (Å²) >= 11 is 0. The van der Waals surface area contributed by atoms with E-state index in [1.165, 1.54) is 26.0 Å². The Morgan fingerprint density at radius 2 is 1.84 bits per heavy atom. The molecule has 2 rings (SSSR count). The summed E-state index contributed by atoms with van der Waals surface area (Å²) in [7, 11) is 0. The number of benzene rings is 2. The van der Waals surface area contributed by atoms with Crippen LogP contribution in [0, 0.1) is 6.92 Å². The molecule has 1 atom stereocenters. The molecule has 0 fully saturated rings. The summed E-state index contributed by atoms with van der Waals surface area (Å²) in [6, 6.07) is 11.0. The van der Waals surface area contributed by atoms with Gasteiger partial charge in [0.2, 0.25) is 0 Å². The van der Waals surface area contributed by atoms with Gasteiger partial charge >= 0.3 is 5.97 Å². The number of anilines is 1. The van der Waals surface area contributed by atoms with Gasteiger partial charge in [0, 0.05) is 11.3 Å². The van der Waals surface area contributed by atoms with E-state index >= 15 is 0 Å². The third-order valence-corrected chi connectivity index (χ3v) is 3.56. The Balaban J connectivity index is 2.05. The minimum Gasteiger partial charge on any atom is -0.507 e. The van der Waals surface area contributed by atoms with Crippen LogP contribution in [0.1, 0.15) is 40.1 Å². The fourth-order valence-corrected chi connectivity index (χ4v) is 2.15. The van der Waals surface area contributed by atoms with Crippen LogP contribution in [-0.2, 0) is 9.53 Å². The Kier molecular flexibility index (Phi) is 5.54. The van der Waals surface area contributed by atoms with Crippen molar-refractivity contribution in [2.24, 2.45) is 0 Å². The van der Waals surface area contributed by atoms with Crippen LogP contribution < -0.4 is 5.32 Å². The van der Waals surface area contributed by atoms with Crippen LogP contribution in [0.25, 0.3) is 0 Å². The molecule has 2 N–H and O–H groups in total. The molecule has 0 saturated carbocycles. The number of esters is 1. The monoisotopic (exact) mass is 341 g/mol. The van der Waals surface area contributed by atoms with Crippen molar-refractivity contribution in [3.8, 4) is 5.75 Å². The Hall–Kier alpha value is -3.15. The Morgan fingerprint density at radius 3 is 2.52 bits per heavy atom. The molecule has 0 aromatic heterocycles. The number of phenolic OH excluding ortho intramolecular Hbond substituents is 1. The number of ketones is 1. The summed E-state index contributed by atoms with van der Waals surface area (Å²) in [4.78, 5) is 35.7. The maximum atomic E-state index is 12.2. The fourth-order valence-electron chi connectivity index (χ4n) is 2.15. The van der Waals surface area contributed by atoms with Crippen LogP contribution >= 0.6 is 0 Å². The summed E-state index contributed by atoms with van der Waals surface area (Å²) in [5.41, 5.74) is 1.67. The number of carbonyl (C=O) groups excluding carboxylic acids is 3. The Bertz CT molecular complexity index is 828. The first-order chi connectivity index (χ1) is 11.8. The lowest BCUT2D eigenvalue weighted by Gasteiger charge is -2.14. The smallest absolute Gasteiger partial charge is 0.342 e. The predicted octanol–water partition coefficient (Wildman–Crippen LogP) is 3.09. The first-order valence-corrected chi connectivity index (χ1v) is 7.70. The van der Waals surface area contributed by atoms with Gasteiger partial charge in [0.1, 0.15) is 11.3 Å². The molecule has 0 aliphatic heterocycles. The van der Waals surface area contributed by atoms with Crippen LogP contribution in [0.15, 0.2) is 42.5 Å². The van der Waals surface area contributed by atoms with Crippen molar-refractivity contribution in [1.82, 2.24) is 0 Å². The number of hydrogen-bond acceptors (Lipinski definition) is 5. The molecule has 0 heterocycles. The number of amides is 1. The molecule has 0 bridgehead atoms. The SMILES string of the molecule is CC(=O)c1cccc(NC(=O)[C@H](C)OC(=O)c2cc(C)ccc2O)c1. The van der Waals surface area contributed by atoms with E-state index in [-0.39, 0.29) is 17.1 Å². The normalized spacial score (nSPS) is 11.5. The number of hydrogen-bond donors (Lipinski definition) is 2. The molecule has 2 aromatic carbocycles. The number of Topliss-reactive ketones (excluding diaryl/α,β-unsaturated/α-hetero) is 1. The van der Waals surface area contributed by atoms with Gasteiger partial charge in [0.25, 0.3) is 5.91 Å². The highest BCUT2D eigenvalue weighted by Gasteiger charge is 2.21. The van der Waals surface area contributed by atoms with Crippen molar-refractivity contribution in [2.45, 2.75) is 26.9 Å². The lowest BCUT2D eigenvalue weighted by Crippen LogP contribution is -2.30. The van der Waals surface area contributed by atoms with Crippen LogP contribution in [0.4, 0.5) is 5.69 Å². The zero-order chi connectivity index (χ0) is 18.6. The van der Waals surface area contributed by atoms with E-state index in [1.807, 2.05) is 0 Å². The van der Waals surface area contributed by atoms with E-state index in [9.17, 15) is 19.5 Å². The van der Waals surface area contributed by atoms with Gasteiger partial charge in [-0.1, -0.05) is 23.8 Å². The first-order valence-electron chi connectivity index (χ1n) is 7.70. The predicted molar refractivity (Wildman–Crippen MR) is 92.8 cm³/mol. The van der Waals surface area contributed by atoms with Gasteiger partial charge in [-0.15, -0.1) is 0 Å². The van der Waals surface area contributed by atoms with E-state index in [4.69, 9.17) is 4.74 Å². The van der Waals surface area contributed by atoms with Crippen molar-refractivity contribution >= 4 is 23.3 Å². The second kappa shape index (κ2) is 7.61. The largest absolute Gasteiger partial charge is 0.507 e. The molecule has 0 aliphatic carbocycles. The number of aryl methyl sites for hydroxylation is 1. The van der Waals surface area contributed by atoms with Crippen molar-refractivity contribution in [3.63, 3.8) is 0 Å². The highest BCUT2D eigenvalue weighted by molar-refractivity contribution is 6.00. The standard InChI is InChI=1S/C19H19NO5/c1-11-7-8-17(22)16(9-11)19(24)25-13(3)18(23)20-15-6-4-5-14(10-15)12(2)21/h4-10,13,22H,1-3H3,(H,20,23)/t13-/m0/s1. The topological polar surface area (TPSA) is 92.7 Å². The summed E-state index contributed by atoms with van der Waals surface area (Å²) in [6.45, 7) is 4.63. The van der Waals surface area contributed by atoms with E-state index in [0.29, 0.717) is 11.3 Å². The van der Waals surface area contributed by atoms with Crippen LogP contribution in [0.2, 0.25) is 0 Å². The van der Waals surface area contributed by atoms with Gasteiger partial charge in [-0.25, -0.2) is 4.79 Å². The summed E-state index contributed by atoms with van der Waals surface area (Å²) in [5, 5.41) is 12.3. The number of phenols is 1.